The van der Waals surface area contributed by atoms with E-state index in [2.05, 4.69) is 24.1 Å². The summed E-state index contributed by atoms with van der Waals surface area (Å²) in [4.78, 5) is 2.73. The summed E-state index contributed by atoms with van der Waals surface area (Å²) in [6.45, 7) is 15.3. The fourth-order valence-corrected chi connectivity index (χ4v) is 3.37. The van der Waals surface area contributed by atoms with Crippen molar-refractivity contribution < 1.29 is 0 Å². The Kier molecular flexibility index (Phi) is 7.92. The molecule has 18 heavy (non-hydrogen) atoms. The van der Waals surface area contributed by atoms with E-state index in [-0.39, 0.29) is 0 Å². The van der Waals surface area contributed by atoms with Crippen molar-refractivity contribution in [2.45, 2.75) is 53.4 Å². The maximum atomic E-state index is 3.46. The summed E-state index contributed by atoms with van der Waals surface area (Å²) in [6.07, 6.45) is 5.67. The second-order valence-corrected chi connectivity index (χ2v) is 6.24. The van der Waals surface area contributed by atoms with E-state index in [0.29, 0.717) is 0 Å². The molecule has 0 aromatic rings. The van der Waals surface area contributed by atoms with Crippen LogP contribution < -0.4 is 5.32 Å². The molecule has 2 heteroatoms. The van der Waals surface area contributed by atoms with Crippen LogP contribution in [-0.2, 0) is 0 Å². The van der Waals surface area contributed by atoms with Gasteiger partial charge in [-0.15, -0.1) is 0 Å². The summed E-state index contributed by atoms with van der Waals surface area (Å²) >= 11 is 0. The van der Waals surface area contributed by atoms with Gasteiger partial charge in [0.1, 0.15) is 0 Å². The van der Waals surface area contributed by atoms with Crippen LogP contribution in [0.4, 0.5) is 0 Å². The normalized spacial score (nSPS) is 26.2. The van der Waals surface area contributed by atoms with Gasteiger partial charge in [-0.25, -0.2) is 0 Å². The van der Waals surface area contributed by atoms with E-state index in [1.165, 1.54) is 58.4 Å². The first kappa shape index (κ1) is 16.0. The van der Waals surface area contributed by atoms with Crippen LogP contribution in [0.2, 0.25) is 0 Å². The Hall–Kier alpha value is -0.0800. The number of rotatable bonds is 4. The van der Waals surface area contributed by atoms with Crippen molar-refractivity contribution in [1.29, 1.82) is 0 Å². The summed E-state index contributed by atoms with van der Waals surface area (Å²) in [5, 5.41) is 3.46. The molecule has 0 radical (unpaired) electrons. The third kappa shape index (κ3) is 5.71. The van der Waals surface area contributed by atoms with Crippen LogP contribution in [-0.4, -0.2) is 37.6 Å². The van der Waals surface area contributed by atoms with Crippen molar-refractivity contribution in [2.24, 2.45) is 17.8 Å². The molecular weight excluding hydrogens is 220 g/mol. The average molecular weight is 254 g/mol. The molecule has 2 saturated heterocycles. The molecule has 0 spiro atoms. The van der Waals surface area contributed by atoms with Gasteiger partial charge in [0, 0.05) is 13.1 Å². The number of likely N-dealkylation sites (tertiary alicyclic amines) is 1. The van der Waals surface area contributed by atoms with Gasteiger partial charge in [-0.3, -0.25) is 0 Å². The fraction of sp³-hybridized carbons (Fsp3) is 1.00. The molecule has 2 fully saturated rings. The van der Waals surface area contributed by atoms with Crippen molar-refractivity contribution in [3.63, 3.8) is 0 Å². The predicted molar refractivity (Wildman–Crippen MR) is 80.9 cm³/mol. The van der Waals surface area contributed by atoms with Crippen molar-refractivity contribution in [1.82, 2.24) is 10.2 Å². The molecule has 0 bridgehead atoms. The Bertz CT molecular complexity index is 197. The van der Waals surface area contributed by atoms with Crippen LogP contribution in [0, 0.1) is 17.8 Å². The summed E-state index contributed by atoms with van der Waals surface area (Å²) < 4.78 is 0. The summed E-state index contributed by atoms with van der Waals surface area (Å²) in [5.74, 6) is 2.84. The molecule has 2 nitrogen and oxygen atoms in total. The first-order chi connectivity index (χ1) is 8.74. The molecule has 0 saturated carbocycles. The standard InChI is InChI=1S/C14H28N2.C2H6/c1-12(2)9-14-5-8-16(11-14)10-13-3-6-15-7-4-13;1-2/h12-15H,3-11H2,1-2H3;1-2H3/t14-;/m1./s1. The van der Waals surface area contributed by atoms with Gasteiger partial charge in [0.25, 0.3) is 0 Å². The van der Waals surface area contributed by atoms with E-state index in [1.807, 2.05) is 13.8 Å². The first-order valence-corrected chi connectivity index (χ1v) is 8.17. The number of nitrogens with zero attached hydrogens (tertiary/aromatic N) is 1. The van der Waals surface area contributed by atoms with Crippen LogP contribution >= 0.6 is 0 Å². The van der Waals surface area contributed by atoms with Gasteiger partial charge in [-0.1, -0.05) is 27.7 Å². The lowest BCUT2D eigenvalue weighted by atomic mass is 9.96. The van der Waals surface area contributed by atoms with E-state index in [4.69, 9.17) is 0 Å². The van der Waals surface area contributed by atoms with Gasteiger partial charge in [-0.2, -0.15) is 0 Å². The van der Waals surface area contributed by atoms with Crippen molar-refractivity contribution >= 4 is 0 Å². The second-order valence-electron chi connectivity index (χ2n) is 6.24. The Balaban J connectivity index is 0.000000771. The van der Waals surface area contributed by atoms with Crippen LogP contribution in [0.5, 0.6) is 0 Å². The van der Waals surface area contributed by atoms with Crippen LogP contribution in [0.25, 0.3) is 0 Å². The molecule has 0 unspecified atom stereocenters. The maximum absolute atomic E-state index is 3.46. The highest BCUT2D eigenvalue weighted by Gasteiger charge is 2.25. The van der Waals surface area contributed by atoms with Gasteiger partial charge in [0.2, 0.25) is 0 Å². The molecule has 0 aromatic heterocycles. The highest BCUT2D eigenvalue weighted by Crippen LogP contribution is 2.25. The number of hydrogen-bond donors (Lipinski definition) is 1. The topological polar surface area (TPSA) is 15.3 Å². The molecular formula is C16H34N2. The monoisotopic (exact) mass is 254 g/mol. The van der Waals surface area contributed by atoms with Gasteiger partial charge in [0.15, 0.2) is 0 Å². The largest absolute Gasteiger partial charge is 0.317 e. The minimum absolute atomic E-state index is 0.879. The fourth-order valence-electron chi connectivity index (χ4n) is 3.37. The number of nitrogens with one attached hydrogen (secondary N) is 1. The Morgan fingerprint density at radius 1 is 1.06 bits per heavy atom. The Labute approximate surface area is 115 Å². The molecule has 2 heterocycles. The van der Waals surface area contributed by atoms with E-state index in [9.17, 15) is 0 Å². The first-order valence-electron chi connectivity index (χ1n) is 8.17. The van der Waals surface area contributed by atoms with Crippen molar-refractivity contribution in [3.05, 3.63) is 0 Å². The molecule has 2 aliphatic heterocycles. The lowest BCUT2D eigenvalue weighted by Gasteiger charge is -2.27. The minimum Gasteiger partial charge on any atom is -0.317 e. The summed E-state index contributed by atoms with van der Waals surface area (Å²) in [7, 11) is 0. The molecule has 2 rings (SSSR count). The third-order valence-corrected chi connectivity index (χ3v) is 4.15. The van der Waals surface area contributed by atoms with E-state index >= 15 is 0 Å². The Morgan fingerprint density at radius 2 is 1.72 bits per heavy atom. The SMILES string of the molecule is CC.CC(C)C[C@H]1CCN(CC2CCNCC2)C1. The third-order valence-electron chi connectivity index (χ3n) is 4.15. The molecule has 0 aromatic carbocycles. The van der Waals surface area contributed by atoms with Crippen molar-refractivity contribution in [2.75, 3.05) is 32.7 Å². The summed E-state index contributed by atoms with van der Waals surface area (Å²) in [5.41, 5.74) is 0. The lowest BCUT2D eigenvalue weighted by Crippen LogP contribution is -2.35. The second kappa shape index (κ2) is 8.92. The molecule has 1 N–H and O–H groups in total. The van der Waals surface area contributed by atoms with E-state index in [0.717, 1.165) is 17.8 Å². The highest BCUT2D eigenvalue weighted by atomic mass is 15.1. The van der Waals surface area contributed by atoms with Gasteiger partial charge < -0.3 is 10.2 Å². The van der Waals surface area contributed by atoms with Gasteiger partial charge >= 0.3 is 0 Å². The number of hydrogen-bond acceptors (Lipinski definition) is 2. The minimum atomic E-state index is 0.879. The summed E-state index contributed by atoms with van der Waals surface area (Å²) in [6, 6.07) is 0. The van der Waals surface area contributed by atoms with Crippen LogP contribution in [0.3, 0.4) is 0 Å². The molecule has 2 aliphatic rings. The number of piperidine rings is 1. The average Bonchev–Trinajstić information content (AvgIpc) is 2.79. The molecule has 0 aliphatic carbocycles. The van der Waals surface area contributed by atoms with E-state index < -0.39 is 0 Å². The molecule has 0 amide bonds. The molecule has 108 valence electrons. The Morgan fingerprint density at radius 3 is 2.33 bits per heavy atom. The quantitative estimate of drug-likeness (QED) is 0.827. The van der Waals surface area contributed by atoms with Gasteiger partial charge in [-0.05, 0) is 63.1 Å². The van der Waals surface area contributed by atoms with Crippen molar-refractivity contribution in [3.8, 4) is 0 Å². The highest BCUT2D eigenvalue weighted by molar-refractivity contribution is 4.80. The zero-order chi connectivity index (χ0) is 13.4. The predicted octanol–water partition coefficient (Wildman–Crippen LogP) is 3.38. The zero-order valence-corrected chi connectivity index (χ0v) is 13.0. The van der Waals surface area contributed by atoms with E-state index in [1.54, 1.807) is 0 Å². The molecule has 1 atom stereocenters. The van der Waals surface area contributed by atoms with Gasteiger partial charge in [0.05, 0.1) is 0 Å². The smallest absolute Gasteiger partial charge is 0.00107 e. The zero-order valence-electron chi connectivity index (χ0n) is 13.0. The van der Waals surface area contributed by atoms with Crippen LogP contribution in [0.1, 0.15) is 53.4 Å². The van der Waals surface area contributed by atoms with Crippen LogP contribution in [0.15, 0.2) is 0 Å². The maximum Gasteiger partial charge on any atom is 0.00107 e. The lowest BCUT2D eigenvalue weighted by molar-refractivity contribution is 0.231.